The predicted octanol–water partition coefficient (Wildman–Crippen LogP) is 3.07. The third-order valence-electron chi connectivity index (χ3n) is 5.30. The molecule has 0 saturated carbocycles. The third kappa shape index (κ3) is 2.73. The Morgan fingerprint density at radius 1 is 1.23 bits per heavy atom. The van der Waals surface area contributed by atoms with E-state index < -0.39 is 5.54 Å². The fourth-order valence-corrected chi connectivity index (χ4v) is 3.71. The average molecular weight is 349 g/mol. The fraction of sp³-hybridized carbons (Fsp3) is 0.333. The zero-order chi connectivity index (χ0) is 18.3. The van der Waals surface area contributed by atoms with Gasteiger partial charge < -0.3 is 10.5 Å². The van der Waals surface area contributed by atoms with Crippen molar-refractivity contribution in [3.63, 3.8) is 0 Å². The van der Waals surface area contributed by atoms with Crippen molar-refractivity contribution < 1.29 is 9.53 Å². The summed E-state index contributed by atoms with van der Waals surface area (Å²) in [4.78, 5) is 18.3. The second-order valence-corrected chi connectivity index (χ2v) is 7.20. The van der Waals surface area contributed by atoms with E-state index in [0.717, 1.165) is 41.9 Å². The summed E-state index contributed by atoms with van der Waals surface area (Å²) in [6, 6.07) is 14.5. The largest absolute Gasteiger partial charge is 0.493 e. The van der Waals surface area contributed by atoms with E-state index in [4.69, 9.17) is 10.5 Å². The number of carbonyl (C=O) groups is 1. The van der Waals surface area contributed by atoms with Crippen molar-refractivity contribution in [2.24, 2.45) is 10.7 Å². The molecule has 2 aliphatic heterocycles. The second kappa shape index (κ2) is 6.16. The van der Waals surface area contributed by atoms with E-state index in [9.17, 15) is 4.79 Å². The number of fused-ring (bicyclic) bond motifs is 1. The number of amides is 1. The van der Waals surface area contributed by atoms with Gasteiger partial charge in [-0.3, -0.25) is 9.69 Å². The van der Waals surface area contributed by atoms with Gasteiger partial charge in [0.15, 0.2) is 5.96 Å². The molecule has 134 valence electrons. The second-order valence-electron chi connectivity index (χ2n) is 7.20. The predicted molar refractivity (Wildman–Crippen MR) is 102 cm³/mol. The van der Waals surface area contributed by atoms with Crippen LogP contribution in [0, 0.1) is 0 Å². The lowest BCUT2D eigenvalue weighted by molar-refractivity contribution is -0.128. The first-order chi connectivity index (χ1) is 12.5. The summed E-state index contributed by atoms with van der Waals surface area (Å²) in [7, 11) is 1.66. The van der Waals surface area contributed by atoms with E-state index in [0.29, 0.717) is 6.42 Å². The lowest BCUT2D eigenvalue weighted by Crippen LogP contribution is -2.47. The van der Waals surface area contributed by atoms with E-state index in [-0.39, 0.29) is 11.9 Å². The number of para-hydroxylation sites is 1. The van der Waals surface area contributed by atoms with E-state index in [1.54, 1.807) is 7.05 Å². The van der Waals surface area contributed by atoms with Crippen molar-refractivity contribution in [2.45, 2.75) is 31.7 Å². The molecule has 0 saturated heterocycles. The van der Waals surface area contributed by atoms with Crippen molar-refractivity contribution in [2.75, 3.05) is 13.7 Å². The molecule has 1 unspecified atom stereocenters. The number of hydrogen-bond donors (Lipinski definition) is 1. The molecule has 0 bridgehead atoms. The molecule has 1 atom stereocenters. The molecule has 26 heavy (non-hydrogen) atoms. The van der Waals surface area contributed by atoms with Crippen LogP contribution in [0.3, 0.4) is 0 Å². The number of aliphatic imine (C=N–C) groups is 1. The molecule has 5 nitrogen and oxygen atoms in total. The van der Waals surface area contributed by atoms with Gasteiger partial charge in [0.05, 0.1) is 18.6 Å². The monoisotopic (exact) mass is 349 g/mol. The van der Waals surface area contributed by atoms with Crippen molar-refractivity contribution in [3.8, 4) is 16.9 Å². The van der Waals surface area contributed by atoms with Crippen LogP contribution in [-0.4, -0.2) is 30.4 Å². The average Bonchev–Trinajstić information content (AvgIpc) is 2.66. The third-order valence-corrected chi connectivity index (χ3v) is 5.30. The van der Waals surface area contributed by atoms with Crippen LogP contribution in [0.25, 0.3) is 11.1 Å². The lowest BCUT2D eigenvalue weighted by atomic mass is 9.85. The Balaban J connectivity index is 1.78. The highest BCUT2D eigenvalue weighted by atomic mass is 16.5. The Kier molecular flexibility index (Phi) is 3.94. The normalized spacial score (nSPS) is 22.5. The van der Waals surface area contributed by atoms with Crippen LogP contribution in [0.1, 0.15) is 30.9 Å². The van der Waals surface area contributed by atoms with Gasteiger partial charge in [0, 0.05) is 12.6 Å². The number of nitrogens with two attached hydrogens (primary N) is 1. The van der Waals surface area contributed by atoms with Gasteiger partial charge in [-0.15, -0.1) is 0 Å². The number of guanidine groups is 1. The Morgan fingerprint density at radius 3 is 2.85 bits per heavy atom. The highest BCUT2D eigenvalue weighted by Crippen LogP contribution is 2.39. The minimum atomic E-state index is -0.653. The van der Waals surface area contributed by atoms with E-state index in [2.05, 4.69) is 35.3 Å². The number of nitrogens with zero attached hydrogens (tertiary/aromatic N) is 2. The summed E-state index contributed by atoms with van der Waals surface area (Å²) in [6.45, 7) is 2.71. The van der Waals surface area contributed by atoms with Gasteiger partial charge in [-0.2, -0.15) is 0 Å². The first-order valence-electron chi connectivity index (χ1n) is 8.95. The van der Waals surface area contributed by atoms with E-state index >= 15 is 0 Å². The summed E-state index contributed by atoms with van der Waals surface area (Å²) >= 11 is 0. The van der Waals surface area contributed by atoms with Crippen LogP contribution >= 0.6 is 0 Å². The van der Waals surface area contributed by atoms with Crippen LogP contribution < -0.4 is 10.5 Å². The maximum atomic E-state index is 12.3. The number of benzene rings is 2. The zero-order valence-electron chi connectivity index (χ0n) is 15.2. The summed E-state index contributed by atoms with van der Waals surface area (Å²) in [6.07, 6.45) is 2.40. The lowest BCUT2D eigenvalue weighted by Gasteiger charge is -2.34. The van der Waals surface area contributed by atoms with Gasteiger partial charge in [-0.25, -0.2) is 4.99 Å². The van der Waals surface area contributed by atoms with Crippen molar-refractivity contribution in [3.05, 3.63) is 53.6 Å². The highest BCUT2D eigenvalue weighted by molar-refractivity contribution is 5.98. The number of ether oxygens (including phenoxy) is 1. The molecule has 0 radical (unpaired) electrons. The minimum Gasteiger partial charge on any atom is -0.493 e. The van der Waals surface area contributed by atoms with E-state index in [1.807, 2.05) is 19.1 Å². The van der Waals surface area contributed by atoms with Crippen molar-refractivity contribution in [1.29, 1.82) is 0 Å². The topological polar surface area (TPSA) is 67.9 Å². The van der Waals surface area contributed by atoms with Gasteiger partial charge in [-0.1, -0.05) is 36.4 Å². The van der Waals surface area contributed by atoms with Gasteiger partial charge in [0.25, 0.3) is 0 Å². The minimum absolute atomic E-state index is 0.0224. The zero-order valence-corrected chi connectivity index (χ0v) is 15.2. The molecular weight excluding hydrogens is 326 g/mol. The first-order valence-corrected chi connectivity index (χ1v) is 8.95. The number of hydrogen-bond acceptors (Lipinski definition) is 4. The first kappa shape index (κ1) is 16.6. The molecule has 4 rings (SSSR count). The molecule has 2 heterocycles. The standard InChI is InChI=1S/C21H23N3O2/c1-21(13-18(25)24(2)20(22)23-21)16-9-3-7-15(12-16)17-10-4-6-14-8-5-11-26-19(14)17/h3-4,6-7,9-10,12H,5,8,11,13H2,1-2H3,(H2,22,23). The van der Waals surface area contributed by atoms with Crippen LogP contribution in [0.4, 0.5) is 0 Å². The SMILES string of the molecule is CN1C(=O)CC(C)(c2cccc(-c3cccc4c3OCCC4)c2)N=C1N. The maximum Gasteiger partial charge on any atom is 0.231 e. The number of rotatable bonds is 2. The van der Waals surface area contributed by atoms with Gasteiger partial charge >= 0.3 is 0 Å². The Hall–Kier alpha value is -2.82. The maximum absolute atomic E-state index is 12.3. The molecule has 2 aromatic rings. The summed E-state index contributed by atoms with van der Waals surface area (Å²) in [5.74, 6) is 1.21. The molecule has 0 aliphatic carbocycles. The van der Waals surface area contributed by atoms with Crippen molar-refractivity contribution in [1.82, 2.24) is 4.90 Å². The summed E-state index contributed by atoms with van der Waals surface area (Å²) in [5, 5.41) is 0. The summed E-state index contributed by atoms with van der Waals surface area (Å²) in [5.41, 5.74) is 9.69. The van der Waals surface area contributed by atoms with Crippen LogP contribution in [0.15, 0.2) is 47.5 Å². The van der Waals surface area contributed by atoms with Gasteiger partial charge in [0.1, 0.15) is 5.75 Å². The number of carbonyl (C=O) groups excluding carboxylic acids is 1. The number of aryl methyl sites for hydroxylation is 1. The molecule has 0 aromatic heterocycles. The Bertz CT molecular complexity index is 906. The van der Waals surface area contributed by atoms with Crippen LogP contribution in [0.2, 0.25) is 0 Å². The molecule has 2 N–H and O–H groups in total. The Labute approximate surface area is 153 Å². The highest BCUT2D eigenvalue weighted by Gasteiger charge is 2.36. The van der Waals surface area contributed by atoms with Gasteiger partial charge in [-0.05, 0) is 42.5 Å². The summed E-state index contributed by atoms with van der Waals surface area (Å²) < 4.78 is 5.96. The molecule has 0 fully saturated rings. The Morgan fingerprint density at radius 2 is 2.04 bits per heavy atom. The molecule has 5 heteroatoms. The molecule has 2 aromatic carbocycles. The van der Waals surface area contributed by atoms with Crippen LogP contribution in [0.5, 0.6) is 5.75 Å². The fourth-order valence-electron chi connectivity index (χ4n) is 3.71. The van der Waals surface area contributed by atoms with Gasteiger partial charge in [0.2, 0.25) is 5.91 Å². The smallest absolute Gasteiger partial charge is 0.231 e. The van der Waals surface area contributed by atoms with Crippen molar-refractivity contribution >= 4 is 11.9 Å². The molecule has 0 spiro atoms. The van der Waals surface area contributed by atoms with E-state index in [1.165, 1.54) is 10.5 Å². The quantitative estimate of drug-likeness (QED) is 0.906. The molecule has 1 amide bonds. The van der Waals surface area contributed by atoms with Crippen LogP contribution in [-0.2, 0) is 16.8 Å². The molecular formula is C21H23N3O2. The molecule has 2 aliphatic rings.